The maximum atomic E-state index is 12.8. The maximum Gasteiger partial charge on any atom is 0.416 e. The average Bonchev–Trinajstić information content (AvgIpc) is 3.02. The van der Waals surface area contributed by atoms with E-state index in [1.807, 2.05) is 6.07 Å². The number of hydrogen-bond donors (Lipinski definition) is 2. The molecule has 17 heteroatoms. The number of nitro groups is 1. The van der Waals surface area contributed by atoms with E-state index in [2.05, 4.69) is 10.6 Å². The van der Waals surface area contributed by atoms with E-state index in [0.29, 0.717) is 18.3 Å². The van der Waals surface area contributed by atoms with Gasteiger partial charge in [0.2, 0.25) is 0 Å². The lowest BCUT2D eigenvalue weighted by Gasteiger charge is -2.13. The molecule has 48 heavy (non-hydrogen) atoms. The number of anilines is 1. The Bertz CT molecular complexity index is 1610. The van der Waals surface area contributed by atoms with Gasteiger partial charge in [-0.15, -0.1) is 0 Å². The summed E-state index contributed by atoms with van der Waals surface area (Å²) >= 11 is 5.83. The number of halogens is 4. The summed E-state index contributed by atoms with van der Waals surface area (Å²) in [5.74, 6) is -2.67. The van der Waals surface area contributed by atoms with Crippen molar-refractivity contribution < 1.29 is 56.2 Å². The van der Waals surface area contributed by atoms with Gasteiger partial charge in [-0.3, -0.25) is 20.2 Å². The second kappa shape index (κ2) is 18.1. The summed E-state index contributed by atoms with van der Waals surface area (Å²) in [5, 5.41) is 16.0. The Labute approximate surface area is 277 Å². The number of ether oxygens (including phenoxy) is 4. The zero-order chi connectivity index (χ0) is 36.0. The van der Waals surface area contributed by atoms with Gasteiger partial charge in [-0.05, 0) is 64.1 Å². The van der Waals surface area contributed by atoms with Gasteiger partial charge in [-0.2, -0.15) is 13.2 Å². The molecule has 0 aliphatic rings. The van der Waals surface area contributed by atoms with E-state index in [4.69, 9.17) is 30.5 Å². The second-order valence-corrected chi connectivity index (χ2v) is 9.82. The van der Waals surface area contributed by atoms with Crippen LogP contribution in [0.1, 0.15) is 43.6 Å². The van der Waals surface area contributed by atoms with Crippen LogP contribution in [-0.4, -0.2) is 54.2 Å². The predicted octanol–water partition coefficient (Wildman–Crippen LogP) is 6.93. The number of nitrogens with one attached hydrogen (secondary N) is 2. The van der Waals surface area contributed by atoms with E-state index in [1.165, 1.54) is 13.8 Å². The Kier molecular flexibility index (Phi) is 14.6. The fourth-order valence-corrected chi connectivity index (χ4v) is 3.74. The Morgan fingerprint density at radius 2 is 1.60 bits per heavy atom. The standard InChI is InChI=1S/C19H15ClF3NO7.C12H16N2O3/c1-3-29-17(25)10(2)30-18(26)13-9-12(5-6-15(13)24(27)28)31-16-7-4-11(8-14(16)20)19(21,22)23;1-3-13-11(15)9(2)17-12(16)14-10-7-5-4-6-8-10/h4-10H,3H2,1-2H3;4-9H,3H2,1-2H3,(H,13,15)(H,14,16). The molecule has 2 atom stereocenters. The van der Waals surface area contributed by atoms with Crippen LogP contribution in [0.2, 0.25) is 5.02 Å². The fourth-order valence-electron chi connectivity index (χ4n) is 3.52. The number of amides is 2. The van der Waals surface area contributed by atoms with Gasteiger partial charge in [0, 0.05) is 24.4 Å². The molecule has 3 aromatic rings. The highest BCUT2D eigenvalue weighted by molar-refractivity contribution is 6.32. The van der Waals surface area contributed by atoms with Crippen molar-refractivity contribution in [3.05, 3.63) is 93.0 Å². The molecule has 0 saturated carbocycles. The molecule has 0 fully saturated rings. The predicted molar refractivity (Wildman–Crippen MR) is 166 cm³/mol. The number of nitrogens with zero attached hydrogens (tertiary/aromatic N) is 1. The minimum absolute atomic E-state index is 0.0398. The number of benzene rings is 3. The van der Waals surface area contributed by atoms with Gasteiger partial charge in [0.1, 0.15) is 17.1 Å². The van der Waals surface area contributed by atoms with Crippen LogP contribution in [0, 0.1) is 10.1 Å². The van der Waals surface area contributed by atoms with Crippen LogP contribution in [0.5, 0.6) is 11.5 Å². The zero-order valence-electron chi connectivity index (χ0n) is 26.0. The molecule has 0 aromatic heterocycles. The number of esters is 2. The number of hydrogen-bond acceptors (Lipinski definition) is 10. The number of alkyl halides is 3. The van der Waals surface area contributed by atoms with Crippen LogP contribution in [-0.2, 0) is 30.0 Å². The summed E-state index contributed by atoms with van der Waals surface area (Å²) in [6.07, 6.45) is -7.39. The van der Waals surface area contributed by atoms with Crippen molar-refractivity contribution in [3.63, 3.8) is 0 Å². The highest BCUT2D eigenvalue weighted by Crippen LogP contribution is 2.37. The summed E-state index contributed by atoms with van der Waals surface area (Å²) in [4.78, 5) is 57.1. The summed E-state index contributed by atoms with van der Waals surface area (Å²) in [6.45, 7) is 6.64. The molecule has 13 nitrogen and oxygen atoms in total. The lowest BCUT2D eigenvalue weighted by Crippen LogP contribution is -2.36. The quantitative estimate of drug-likeness (QED) is 0.0926. The normalized spacial score (nSPS) is 11.8. The molecule has 258 valence electrons. The first-order valence-corrected chi connectivity index (χ1v) is 14.5. The highest BCUT2D eigenvalue weighted by Gasteiger charge is 2.31. The van der Waals surface area contributed by atoms with Crippen LogP contribution < -0.4 is 15.4 Å². The first-order valence-electron chi connectivity index (χ1n) is 14.1. The molecule has 0 aliphatic heterocycles. The lowest BCUT2D eigenvalue weighted by atomic mass is 10.1. The maximum absolute atomic E-state index is 12.8. The van der Waals surface area contributed by atoms with Gasteiger partial charge >= 0.3 is 24.2 Å². The van der Waals surface area contributed by atoms with Gasteiger partial charge in [0.15, 0.2) is 12.2 Å². The van der Waals surface area contributed by atoms with E-state index < -0.39 is 58.2 Å². The molecule has 0 saturated heterocycles. The highest BCUT2D eigenvalue weighted by atomic mass is 35.5. The van der Waals surface area contributed by atoms with Gasteiger partial charge in [0.25, 0.3) is 11.6 Å². The van der Waals surface area contributed by atoms with Crippen LogP contribution in [0.4, 0.5) is 29.3 Å². The fraction of sp³-hybridized carbons (Fsp3) is 0.290. The zero-order valence-corrected chi connectivity index (χ0v) is 26.7. The molecule has 0 spiro atoms. The average molecular weight is 698 g/mol. The summed E-state index contributed by atoms with van der Waals surface area (Å²) in [5.41, 5.74) is -1.54. The van der Waals surface area contributed by atoms with Crippen LogP contribution >= 0.6 is 11.6 Å². The van der Waals surface area contributed by atoms with E-state index >= 15 is 0 Å². The monoisotopic (exact) mass is 697 g/mol. The second-order valence-electron chi connectivity index (χ2n) is 9.41. The molecule has 0 bridgehead atoms. The molecule has 0 aliphatic carbocycles. The molecule has 2 N–H and O–H groups in total. The number of para-hydroxylation sites is 1. The number of carbonyl (C=O) groups excluding carboxylic acids is 4. The van der Waals surface area contributed by atoms with Crippen molar-refractivity contribution in [1.82, 2.24) is 5.32 Å². The van der Waals surface area contributed by atoms with Crippen molar-refractivity contribution in [2.45, 2.75) is 46.1 Å². The van der Waals surface area contributed by atoms with Crippen LogP contribution in [0.15, 0.2) is 66.7 Å². The Morgan fingerprint density at radius 1 is 0.938 bits per heavy atom. The minimum Gasteiger partial charge on any atom is -0.463 e. The molecule has 0 heterocycles. The van der Waals surface area contributed by atoms with Crippen molar-refractivity contribution in [2.24, 2.45) is 0 Å². The summed E-state index contributed by atoms with van der Waals surface area (Å²) in [7, 11) is 0. The lowest BCUT2D eigenvalue weighted by molar-refractivity contribution is -0.385. The van der Waals surface area contributed by atoms with Crippen LogP contribution in [0.25, 0.3) is 0 Å². The van der Waals surface area contributed by atoms with Gasteiger partial charge in [-0.1, -0.05) is 29.8 Å². The first kappa shape index (κ1) is 38.8. The molecule has 3 rings (SSSR count). The first-order chi connectivity index (χ1) is 22.6. The van der Waals surface area contributed by atoms with E-state index in [9.17, 15) is 42.5 Å². The van der Waals surface area contributed by atoms with Crippen molar-refractivity contribution in [3.8, 4) is 11.5 Å². The van der Waals surface area contributed by atoms with E-state index in [-0.39, 0.29) is 29.0 Å². The number of nitro benzene ring substituents is 1. The van der Waals surface area contributed by atoms with Gasteiger partial charge < -0.3 is 24.3 Å². The topological polar surface area (TPSA) is 172 Å². The SMILES string of the molecule is CCNC(=O)C(C)OC(=O)Nc1ccccc1.CCOC(=O)C(C)OC(=O)c1cc(Oc2ccc(C(F)(F)F)cc2Cl)ccc1[N+](=O)[O-]. The molecule has 0 radical (unpaired) electrons. The Balaban J connectivity index is 0.000000397. The smallest absolute Gasteiger partial charge is 0.416 e. The third-order valence-corrected chi connectivity index (χ3v) is 6.09. The number of rotatable bonds is 11. The molecule has 2 amide bonds. The third-order valence-electron chi connectivity index (χ3n) is 5.80. The summed E-state index contributed by atoms with van der Waals surface area (Å²) in [6, 6.07) is 14.3. The van der Waals surface area contributed by atoms with E-state index in [1.54, 1.807) is 38.1 Å². The Morgan fingerprint density at radius 3 is 2.17 bits per heavy atom. The molecule has 2 unspecified atom stereocenters. The van der Waals surface area contributed by atoms with E-state index in [0.717, 1.165) is 30.3 Å². The molecular weight excluding hydrogens is 667 g/mol. The van der Waals surface area contributed by atoms with Crippen molar-refractivity contribution in [2.75, 3.05) is 18.5 Å². The number of likely N-dealkylation sites (N-methyl/N-ethyl adjacent to an activating group) is 1. The molecule has 3 aromatic carbocycles. The van der Waals surface area contributed by atoms with Gasteiger partial charge in [0.05, 0.1) is 22.1 Å². The third kappa shape index (κ3) is 12.1. The largest absolute Gasteiger partial charge is 0.463 e. The number of carbonyl (C=O) groups is 4. The minimum atomic E-state index is -4.61. The van der Waals surface area contributed by atoms with Crippen molar-refractivity contribution >= 4 is 46.9 Å². The molecular formula is C31H31ClF3N3O10. The summed E-state index contributed by atoms with van der Waals surface area (Å²) < 4.78 is 58.1. The van der Waals surface area contributed by atoms with Gasteiger partial charge in [-0.25, -0.2) is 14.4 Å². The Hall–Kier alpha value is -5.38. The van der Waals surface area contributed by atoms with Crippen molar-refractivity contribution in [1.29, 1.82) is 0 Å². The van der Waals surface area contributed by atoms with Crippen LogP contribution in [0.3, 0.4) is 0 Å².